The quantitative estimate of drug-likeness (QED) is 0.795. The zero-order chi connectivity index (χ0) is 14.3. The van der Waals surface area contributed by atoms with Crippen LogP contribution in [0.2, 0.25) is 0 Å². The highest BCUT2D eigenvalue weighted by molar-refractivity contribution is 5.81. The topological polar surface area (TPSA) is 41.1 Å². The van der Waals surface area contributed by atoms with Crippen LogP contribution in [0.25, 0.3) is 0 Å². The van der Waals surface area contributed by atoms with Crippen LogP contribution in [-0.2, 0) is 11.2 Å². The Morgan fingerprint density at radius 2 is 2.00 bits per heavy atom. The Balaban J connectivity index is 2.44. The highest BCUT2D eigenvalue weighted by atomic mass is 19.1. The number of amides is 1. The van der Waals surface area contributed by atoms with E-state index < -0.39 is 0 Å². The molecule has 1 amide bonds. The van der Waals surface area contributed by atoms with E-state index in [2.05, 4.69) is 10.6 Å². The number of hydrogen-bond acceptors (Lipinski definition) is 2. The summed E-state index contributed by atoms with van der Waals surface area (Å²) in [6, 6.07) is 6.50. The molecule has 0 aliphatic rings. The lowest BCUT2D eigenvalue weighted by Gasteiger charge is -2.19. The van der Waals surface area contributed by atoms with E-state index in [1.807, 2.05) is 26.8 Å². The Morgan fingerprint density at radius 3 is 2.63 bits per heavy atom. The van der Waals surface area contributed by atoms with Gasteiger partial charge in [-0.15, -0.1) is 0 Å². The number of hydrogen-bond donors (Lipinski definition) is 2. The first-order chi connectivity index (χ1) is 9.04. The average Bonchev–Trinajstić information content (AvgIpc) is 2.38. The Bertz CT molecular complexity index is 409. The monoisotopic (exact) mass is 266 g/mol. The molecule has 0 saturated carbocycles. The van der Waals surface area contributed by atoms with Gasteiger partial charge < -0.3 is 10.6 Å². The molecule has 0 spiro atoms. The number of rotatable bonds is 7. The highest BCUT2D eigenvalue weighted by Gasteiger charge is 2.15. The third-order valence-corrected chi connectivity index (χ3v) is 2.96. The third-order valence-electron chi connectivity index (χ3n) is 2.96. The van der Waals surface area contributed by atoms with Crippen molar-refractivity contribution in [2.45, 2.75) is 45.7 Å². The van der Waals surface area contributed by atoms with Gasteiger partial charge in [-0.3, -0.25) is 4.79 Å². The van der Waals surface area contributed by atoms with Gasteiger partial charge in [-0.05, 0) is 38.3 Å². The van der Waals surface area contributed by atoms with Crippen molar-refractivity contribution < 1.29 is 9.18 Å². The minimum Gasteiger partial charge on any atom is -0.355 e. The molecule has 2 atom stereocenters. The molecule has 4 heteroatoms. The molecule has 0 heterocycles. The summed E-state index contributed by atoms with van der Waals surface area (Å²) in [7, 11) is 0. The molecule has 1 rings (SSSR count). The maximum atomic E-state index is 13.5. The second kappa shape index (κ2) is 7.89. The highest BCUT2D eigenvalue weighted by Crippen LogP contribution is 2.09. The van der Waals surface area contributed by atoms with Crippen molar-refractivity contribution in [1.82, 2.24) is 10.6 Å². The summed E-state index contributed by atoms with van der Waals surface area (Å²) >= 11 is 0. The molecule has 0 bridgehead atoms. The van der Waals surface area contributed by atoms with Crippen LogP contribution in [0.15, 0.2) is 24.3 Å². The zero-order valence-electron chi connectivity index (χ0n) is 11.9. The van der Waals surface area contributed by atoms with Crippen LogP contribution >= 0.6 is 0 Å². The Hall–Kier alpha value is -1.42. The Kier molecular flexibility index (Phi) is 6.50. The van der Waals surface area contributed by atoms with E-state index in [-0.39, 0.29) is 23.8 Å². The number of carbonyl (C=O) groups excluding carboxylic acids is 1. The lowest BCUT2D eigenvalue weighted by Crippen LogP contribution is -2.46. The van der Waals surface area contributed by atoms with Crippen LogP contribution in [0.1, 0.15) is 32.8 Å². The van der Waals surface area contributed by atoms with E-state index >= 15 is 0 Å². The molecule has 2 N–H and O–H groups in total. The van der Waals surface area contributed by atoms with Crippen molar-refractivity contribution in [1.29, 1.82) is 0 Å². The second-order valence-corrected chi connectivity index (χ2v) is 4.88. The summed E-state index contributed by atoms with van der Waals surface area (Å²) in [5.41, 5.74) is 0.670. The molecule has 3 nitrogen and oxygen atoms in total. The fourth-order valence-corrected chi connectivity index (χ4v) is 1.96. The average molecular weight is 266 g/mol. The lowest BCUT2D eigenvalue weighted by atomic mass is 10.1. The van der Waals surface area contributed by atoms with E-state index in [1.54, 1.807) is 12.1 Å². The summed E-state index contributed by atoms with van der Waals surface area (Å²) in [4.78, 5) is 11.7. The Morgan fingerprint density at radius 1 is 1.32 bits per heavy atom. The van der Waals surface area contributed by atoms with Crippen molar-refractivity contribution in [2.24, 2.45) is 0 Å². The SMILES string of the molecule is CCCNC(=O)C(C)NC(C)Cc1ccccc1F. The van der Waals surface area contributed by atoms with Gasteiger partial charge in [0.25, 0.3) is 0 Å². The predicted octanol–water partition coefficient (Wildman–Crippen LogP) is 2.26. The molecular weight excluding hydrogens is 243 g/mol. The van der Waals surface area contributed by atoms with Crippen molar-refractivity contribution in [2.75, 3.05) is 6.54 Å². The minimum atomic E-state index is -0.270. The minimum absolute atomic E-state index is 0.0118. The molecular formula is C15H23FN2O. The molecule has 0 aliphatic carbocycles. The van der Waals surface area contributed by atoms with E-state index in [1.165, 1.54) is 6.07 Å². The van der Waals surface area contributed by atoms with Crippen LogP contribution < -0.4 is 10.6 Å². The van der Waals surface area contributed by atoms with Crippen LogP contribution in [0.3, 0.4) is 0 Å². The van der Waals surface area contributed by atoms with Crippen LogP contribution in [-0.4, -0.2) is 24.5 Å². The summed E-state index contributed by atoms with van der Waals surface area (Å²) in [6.45, 7) is 6.48. The van der Waals surface area contributed by atoms with Gasteiger partial charge in [-0.25, -0.2) is 4.39 Å². The van der Waals surface area contributed by atoms with Crippen LogP contribution in [0, 0.1) is 5.82 Å². The van der Waals surface area contributed by atoms with Gasteiger partial charge in [0.2, 0.25) is 5.91 Å². The maximum absolute atomic E-state index is 13.5. The van der Waals surface area contributed by atoms with Crippen molar-refractivity contribution in [3.63, 3.8) is 0 Å². The van der Waals surface area contributed by atoms with Crippen molar-refractivity contribution >= 4 is 5.91 Å². The second-order valence-electron chi connectivity index (χ2n) is 4.88. The summed E-state index contributed by atoms with van der Waals surface area (Å²) in [5, 5.41) is 6.02. The Labute approximate surface area is 114 Å². The van der Waals surface area contributed by atoms with E-state index in [4.69, 9.17) is 0 Å². The lowest BCUT2D eigenvalue weighted by molar-refractivity contribution is -0.122. The summed E-state index contributed by atoms with van der Waals surface area (Å²) in [6.07, 6.45) is 1.49. The van der Waals surface area contributed by atoms with Gasteiger partial charge in [0.15, 0.2) is 0 Å². The number of nitrogens with one attached hydrogen (secondary N) is 2. The number of halogens is 1. The molecule has 0 saturated heterocycles. The van der Waals surface area contributed by atoms with Crippen LogP contribution in [0.5, 0.6) is 0 Å². The molecule has 19 heavy (non-hydrogen) atoms. The molecule has 1 aromatic carbocycles. The van der Waals surface area contributed by atoms with Gasteiger partial charge in [0.05, 0.1) is 6.04 Å². The predicted molar refractivity (Wildman–Crippen MR) is 75.5 cm³/mol. The first-order valence-electron chi connectivity index (χ1n) is 6.81. The molecule has 0 aliphatic heterocycles. The number of benzene rings is 1. The largest absolute Gasteiger partial charge is 0.355 e. The van der Waals surface area contributed by atoms with E-state index in [0.29, 0.717) is 18.5 Å². The first kappa shape index (κ1) is 15.6. The van der Waals surface area contributed by atoms with Crippen molar-refractivity contribution in [3.05, 3.63) is 35.6 Å². The van der Waals surface area contributed by atoms with E-state index in [9.17, 15) is 9.18 Å². The van der Waals surface area contributed by atoms with Gasteiger partial charge in [0.1, 0.15) is 5.82 Å². The normalized spacial score (nSPS) is 13.9. The van der Waals surface area contributed by atoms with Crippen LogP contribution in [0.4, 0.5) is 4.39 Å². The smallest absolute Gasteiger partial charge is 0.236 e. The molecule has 0 radical (unpaired) electrons. The fraction of sp³-hybridized carbons (Fsp3) is 0.533. The molecule has 106 valence electrons. The van der Waals surface area contributed by atoms with Gasteiger partial charge in [0, 0.05) is 12.6 Å². The van der Waals surface area contributed by atoms with E-state index in [0.717, 1.165) is 6.42 Å². The summed E-state index contributed by atoms with van der Waals surface area (Å²) in [5.74, 6) is -0.207. The fourth-order valence-electron chi connectivity index (χ4n) is 1.96. The first-order valence-corrected chi connectivity index (χ1v) is 6.81. The number of carbonyl (C=O) groups is 1. The van der Waals surface area contributed by atoms with Gasteiger partial charge >= 0.3 is 0 Å². The zero-order valence-corrected chi connectivity index (χ0v) is 11.9. The van der Waals surface area contributed by atoms with Gasteiger partial charge in [-0.2, -0.15) is 0 Å². The molecule has 2 unspecified atom stereocenters. The maximum Gasteiger partial charge on any atom is 0.236 e. The van der Waals surface area contributed by atoms with Crippen molar-refractivity contribution in [3.8, 4) is 0 Å². The molecule has 0 fully saturated rings. The molecule has 1 aromatic rings. The standard InChI is InChI=1S/C15H23FN2O/c1-4-9-17-15(19)12(3)18-11(2)10-13-7-5-6-8-14(13)16/h5-8,11-12,18H,4,9-10H2,1-3H3,(H,17,19). The third kappa shape index (κ3) is 5.39. The molecule has 0 aromatic heterocycles. The van der Waals surface area contributed by atoms with Gasteiger partial charge in [-0.1, -0.05) is 25.1 Å². The summed E-state index contributed by atoms with van der Waals surface area (Å²) < 4.78 is 13.5.